The van der Waals surface area contributed by atoms with E-state index in [1.165, 1.54) is 27.1 Å². The lowest BCUT2D eigenvalue weighted by atomic mass is 9.99. The Bertz CT molecular complexity index is 1890. The number of fused-ring (bicyclic) bond motifs is 7. The summed E-state index contributed by atoms with van der Waals surface area (Å²) < 4.78 is 28.5. The van der Waals surface area contributed by atoms with Crippen LogP contribution < -0.4 is 0 Å². The third-order valence-electron chi connectivity index (χ3n) is 6.95. The van der Waals surface area contributed by atoms with Crippen LogP contribution in [0.2, 0.25) is 0 Å². The summed E-state index contributed by atoms with van der Waals surface area (Å²) in [5.41, 5.74) is 5.80. The summed E-state index contributed by atoms with van der Waals surface area (Å²) in [6, 6.07) is 32.3. The van der Waals surface area contributed by atoms with Crippen LogP contribution in [0.5, 0.6) is 0 Å². The minimum Gasteiger partial charge on any atom is -0.344 e. The van der Waals surface area contributed by atoms with E-state index in [-0.39, 0.29) is 0 Å². The zero-order valence-electron chi connectivity index (χ0n) is 17.9. The minimum absolute atomic E-state index is 0.393. The van der Waals surface area contributed by atoms with E-state index in [0.29, 0.717) is 9.79 Å². The third-order valence-corrected chi connectivity index (χ3v) is 8.80. The van der Waals surface area contributed by atoms with Gasteiger partial charge in [-0.2, -0.15) is 0 Å². The second-order valence-corrected chi connectivity index (χ2v) is 10.6. The fourth-order valence-corrected chi connectivity index (χ4v) is 6.97. The normalized spacial score (nSPS) is 14.1. The van der Waals surface area contributed by atoms with Gasteiger partial charge in [-0.05, 0) is 52.2 Å². The zero-order valence-corrected chi connectivity index (χ0v) is 18.7. The summed E-state index contributed by atoms with van der Waals surface area (Å²) in [6.45, 7) is 0. The predicted molar refractivity (Wildman–Crippen MR) is 134 cm³/mol. The Morgan fingerprint density at radius 3 is 2.06 bits per heavy atom. The number of hydrogen-bond acceptors (Lipinski definition) is 2. The van der Waals surface area contributed by atoms with Crippen molar-refractivity contribution in [3.05, 3.63) is 97.1 Å². The molecule has 0 atom stereocenters. The molecule has 4 heteroatoms. The highest BCUT2D eigenvalue weighted by atomic mass is 32.2. The molecule has 0 fully saturated rings. The van der Waals surface area contributed by atoms with Crippen molar-refractivity contribution >= 4 is 42.4 Å². The van der Waals surface area contributed by atoms with Crippen LogP contribution in [0.1, 0.15) is 0 Å². The smallest absolute Gasteiger partial charge is 0.207 e. The zero-order chi connectivity index (χ0) is 22.3. The molecule has 6 aromatic rings. The SMILES string of the molecule is Cn1c2cc(-c3ccc4c(c3)S(=O)(=O)c3ccccc3-4)ccc2c2cc3ccccc3cc21. The molecule has 0 radical (unpaired) electrons. The Kier molecular flexibility index (Phi) is 3.58. The number of nitrogens with zero attached hydrogens (tertiary/aromatic N) is 1. The molecular weight excluding hydrogens is 426 g/mol. The molecule has 0 amide bonds. The predicted octanol–water partition coefficient (Wildman–Crippen LogP) is 6.96. The first-order valence-corrected chi connectivity index (χ1v) is 12.4. The molecule has 0 spiro atoms. The van der Waals surface area contributed by atoms with Crippen molar-refractivity contribution in [3.63, 3.8) is 0 Å². The van der Waals surface area contributed by atoms with Gasteiger partial charge in [0.2, 0.25) is 9.84 Å². The van der Waals surface area contributed by atoms with E-state index < -0.39 is 9.84 Å². The van der Waals surface area contributed by atoms with Gasteiger partial charge in [0.15, 0.2) is 0 Å². The maximum atomic E-state index is 13.2. The van der Waals surface area contributed by atoms with Crippen molar-refractivity contribution in [2.24, 2.45) is 7.05 Å². The Labute approximate surface area is 191 Å². The largest absolute Gasteiger partial charge is 0.344 e. The van der Waals surface area contributed by atoms with Crippen LogP contribution in [0.4, 0.5) is 0 Å². The molecule has 0 aliphatic carbocycles. The van der Waals surface area contributed by atoms with E-state index >= 15 is 0 Å². The lowest BCUT2D eigenvalue weighted by Gasteiger charge is -2.07. The first kappa shape index (κ1) is 18.7. The second-order valence-electron chi connectivity index (χ2n) is 8.72. The van der Waals surface area contributed by atoms with Crippen molar-refractivity contribution in [2.75, 3.05) is 0 Å². The monoisotopic (exact) mass is 445 g/mol. The highest BCUT2D eigenvalue weighted by molar-refractivity contribution is 7.92. The maximum absolute atomic E-state index is 13.2. The third kappa shape index (κ3) is 2.47. The van der Waals surface area contributed by atoms with Gasteiger partial charge in [-0.3, -0.25) is 0 Å². The molecule has 0 bridgehead atoms. The van der Waals surface area contributed by atoms with Crippen LogP contribution in [-0.4, -0.2) is 13.0 Å². The van der Waals surface area contributed by atoms with E-state index in [2.05, 4.69) is 66.2 Å². The summed E-state index contributed by atoms with van der Waals surface area (Å²) in [5, 5.41) is 4.87. The Morgan fingerprint density at radius 2 is 1.21 bits per heavy atom. The van der Waals surface area contributed by atoms with Gasteiger partial charge in [0.05, 0.1) is 9.79 Å². The number of sulfone groups is 1. The molecule has 7 rings (SSSR count). The van der Waals surface area contributed by atoms with Crippen LogP contribution in [0, 0.1) is 0 Å². The first-order valence-electron chi connectivity index (χ1n) is 10.9. The second kappa shape index (κ2) is 6.33. The molecule has 1 aliphatic heterocycles. The maximum Gasteiger partial charge on any atom is 0.207 e. The van der Waals surface area contributed by atoms with Crippen molar-refractivity contribution < 1.29 is 8.42 Å². The van der Waals surface area contributed by atoms with Crippen LogP contribution >= 0.6 is 0 Å². The Hall–Kier alpha value is -3.89. The molecule has 3 nitrogen and oxygen atoms in total. The summed E-state index contributed by atoms with van der Waals surface area (Å²) in [5.74, 6) is 0. The van der Waals surface area contributed by atoms with Crippen LogP contribution in [0.15, 0.2) is 107 Å². The van der Waals surface area contributed by atoms with Gasteiger partial charge in [-0.15, -0.1) is 0 Å². The Balaban J connectivity index is 1.44. The number of hydrogen-bond donors (Lipinski definition) is 0. The molecule has 0 saturated carbocycles. The quantitative estimate of drug-likeness (QED) is 0.274. The lowest BCUT2D eigenvalue weighted by Crippen LogP contribution is -1.96. The lowest BCUT2D eigenvalue weighted by molar-refractivity contribution is 0.598. The Morgan fingerprint density at radius 1 is 0.576 bits per heavy atom. The number of benzene rings is 5. The summed E-state index contributed by atoms with van der Waals surface area (Å²) in [7, 11) is -1.40. The summed E-state index contributed by atoms with van der Waals surface area (Å²) in [6.07, 6.45) is 0. The molecule has 158 valence electrons. The molecule has 0 unspecified atom stereocenters. The van der Waals surface area contributed by atoms with Crippen molar-refractivity contribution in [1.29, 1.82) is 0 Å². The molecule has 0 saturated heterocycles. The van der Waals surface area contributed by atoms with Crippen LogP contribution in [0.3, 0.4) is 0 Å². The molecule has 33 heavy (non-hydrogen) atoms. The summed E-state index contributed by atoms with van der Waals surface area (Å²) >= 11 is 0. The van der Waals surface area contributed by atoms with E-state index in [1.54, 1.807) is 12.1 Å². The van der Waals surface area contributed by atoms with Crippen molar-refractivity contribution in [2.45, 2.75) is 9.79 Å². The van der Waals surface area contributed by atoms with Gasteiger partial charge >= 0.3 is 0 Å². The van der Waals surface area contributed by atoms with Gasteiger partial charge in [-0.25, -0.2) is 8.42 Å². The van der Waals surface area contributed by atoms with Gasteiger partial charge in [0, 0.05) is 40.0 Å². The van der Waals surface area contributed by atoms with Crippen LogP contribution in [0.25, 0.3) is 54.8 Å². The minimum atomic E-state index is -3.49. The van der Waals surface area contributed by atoms with Crippen molar-refractivity contribution in [1.82, 2.24) is 4.57 Å². The average molecular weight is 446 g/mol. The molecule has 0 N–H and O–H groups in total. The van der Waals surface area contributed by atoms with Gasteiger partial charge < -0.3 is 4.57 Å². The highest BCUT2D eigenvalue weighted by Gasteiger charge is 2.32. The van der Waals surface area contributed by atoms with Gasteiger partial charge in [-0.1, -0.05) is 66.7 Å². The van der Waals surface area contributed by atoms with E-state index in [4.69, 9.17) is 0 Å². The number of aromatic nitrogens is 1. The van der Waals surface area contributed by atoms with Crippen LogP contribution in [-0.2, 0) is 16.9 Å². The molecule has 5 aromatic carbocycles. The molecule has 1 aromatic heterocycles. The fourth-order valence-electron chi connectivity index (χ4n) is 5.26. The van der Waals surface area contributed by atoms with E-state index in [0.717, 1.165) is 27.8 Å². The average Bonchev–Trinajstić information content (AvgIpc) is 3.25. The first-order chi connectivity index (χ1) is 16.0. The molecular formula is C29H19NO2S. The molecule has 2 heterocycles. The standard InChI is InChI=1S/C29H19NO2S/c1-30-26-16-20(10-12-22(26)25-14-18-6-2-3-7-19(18)15-27(25)30)21-11-13-24-23-8-4-5-9-28(23)33(31,32)29(24)17-21/h2-17H,1H3. The van der Waals surface area contributed by atoms with Crippen molar-refractivity contribution in [3.8, 4) is 22.3 Å². The summed E-state index contributed by atoms with van der Waals surface area (Å²) in [4.78, 5) is 0.790. The topological polar surface area (TPSA) is 39.1 Å². The number of aryl methyl sites for hydroxylation is 1. The van der Waals surface area contributed by atoms with Gasteiger partial charge in [0.25, 0.3) is 0 Å². The van der Waals surface area contributed by atoms with Gasteiger partial charge in [0.1, 0.15) is 0 Å². The fraction of sp³-hybridized carbons (Fsp3) is 0.0345. The van der Waals surface area contributed by atoms with E-state index in [9.17, 15) is 8.42 Å². The molecule has 1 aliphatic rings. The van der Waals surface area contributed by atoms with E-state index in [1.807, 2.05) is 30.3 Å². The number of rotatable bonds is 1. The highest BCUT2D eigenvalue weighted by Crippen LogP contribution is 2.44.